The number of aryl methyl sites for hydroxylation is 1. The Labute approximate surface area is 97.7 Å². The highest BCUT2D eigenvalue weighted by molar-refractivity contribution is 5.17. The fourth-order valence-corrected chi connectivity index (χ4v) is 2.46. The largest absolute Gasteiger partial charge is 0.326 e. The van der Waals surface area contributed by atoms with Crippen molar-refractivity contribution in [1.82, 2.24) is 9.88 Å². The number of rotatable bonds is 1. The maximum Gasteiger partial charge on any atom is 0.0671 e. The van der Waals surface area contributed by atoms with Crippen LogP contribution in [0.2, 0.25) is 0 Å². The van der Waals surface area contributed by atoms with Gasteiger partial charge in [-0.15, -0.1) is 0 Å². The van der Waals surface area contributed by atoms with E-state index >= 15 is 0 Å². The van der Waals surface area contributed by atoms with Gasteiger partial charge in [0.15, 0.2) is 0 Å². The van der Waals surface area contributed by atoms with Crippen LogP contribution in [0.1, 0.15) is 36.6 Å². The highest BCUT2D eigenvalue weighted by atomic mass is 15.2. The summed E-state index contributed by atoms with van der Waals surface area (Å²) >= 11 is 0. The van der Waals surface area contributed by atoms with E-state index in [1.807, 2.05) is 6.20 Å². The molecule has 0 radical (unpaired) electrons. The van der Waals surface area contributed by atoms with Gasteiger partial charge in [-0.2, -0.15) is 0 Å². The zero-order chi connectivity index (χ0) is 11.5. The van der Waals surface area contributed by atoms with E-state index < -0.39 is 0 Å². The third kappa shape index (κ3) is 2.42. The molecular weight excluding hydrogens is 198 g/mol. The maximum absolute atomic E-state index is 6.26. The second kappa shape index (κ2) is 4.93. The lowest BCUT2D eigenvalue weighted by Gasteiger charge is -2.29. The van der Waals surface area contributed by atoms with Crippen LogP contribution in [-0.4, -0.2) is 29.5 Å². The quantitative estimate of drug-likeness (QED) is 0.784. The zero-order valence-electron chi connectivity index (χ0n) is 10.2. The van der Waals surface area contributed by atoms with Crippen LogP contribution in [0.5, 0.6) is 0 Å². The van der Waals surface area contributed by atoms with Gasteiger partial charge in [0.25, 0.3) is 0 Å². The summed E-state index contributed by atoms with van der Waals surface area (Å²) < 4.78 is 0. The number of aromatic nitrogens is 1. The predicted octanol–water partition coefficient (Wildman–Crippen LogP) is 1.87. The van der Waals surface area contributed by atoms with E-state index in [1.54, 1.807) is 0 Å². The van der Waals surface area contributed by atoms with Gasteiger partial charge in [-0.05, 0) is 45.0 Å². The summed E-state index contributed by atoms with van der Waals surface area (Å²) in [5, 5.41) is 0. The number of hydrogen-bond donors (Lipinski definition) is 1. The molecule has 2 rings (SSSR count). The third-order valence-corrected chi connectivity index (χ3v) is 3.42. The molecule has 1 saturated heterocycles. The predicted molar refractivity (Wildman–Crippen MR) is 66.2 cm³/mol. The topological polar surface area (TPSA) is 42.1 Å². The summed E-state index contributed by atoms with van der Waals surface area (Å²) in [5.74, 6) is 0. The van der Waals surface area contributed by atoms with Gasteiger partial charge in [-0.1, -0.05) is 12.5 Å². The lowest BCUT2D eigenvalue weighted by Crippen LogP contribution is -2.38. The zero-order valence-corrected chi connectivity index (χ0v) is 10.2. The molecule has 1 aliphatic rings. The lowest BCUT2D eigenvalue weighted by atomic mass is 10.0. The molecule has 1 aromatic heterocycles. The van der Waals surface area contributed by atoms with Crippen molar-refractivity contribution in [2.24, 2.45) is 5.73 Å². The molecule has 1 fully saturated rings. The molecule has 0 aliphatic carbocycles. The molecule has 16 heavy (non-hydrogen) atoms. The van der Waals surface area contributed by atoms with Crippen molar-refractivity contribution >= 4 is 0 Å². The minimum Gasteiger partial charge on any atom is -0.326 e. The van der Waals surface area contributed by atoms with Gasteiger partial charge in [0.05, 0.1) is 11.7 Å². The highest BCUT2D eigenvalue weighted by Crippen LogP contribution is 2.26. The minimum absolute atomic E-state index is 0.211. The summed E-state index contributed by atoms with van der Waals surface area (Å²) in [6.45, 7) is 3.18. The molecule has 2 unspecified atom stereocenters. The molecule has 1 aromatic rings. The molecule has 2 N–H and O–H groups in total. The number of nitrogens with two attached hydrogens (primary N) is 1. The Bertz CT molecular complexity index is 322. The van der Waals surface area contributed by atoms with Crippen molar-refractivity contribution in [3.05, 3.63) is 29.6 Å². The van der Waals surface area contributed by atoms with E-state index in [2.05, 4.69) is 36.0 Å². The minimum atomic E-state index is 0.211. The number of hydrogen-bond acceptors (Lipinski definition) is 3. The van der Waals surface area contributed by atoms with E-state index in [0.29, 0.717) is 0 Å². The van der Waals surface area contributed by atoms with Crippen molar-refractivity contribution in [3.63, 3.8) is 0 Å². The smallest absolute Gasteiger partial charge is 0.0671 e. The molecule has 2 heterocycles. The van der Waals surface area contributed by atoms with Crippen molar-refractivity contribution in [3.8, 4) is 0 Å². The summed E-state index contributed by atoms with van der Waals surface area (Å²) in [6, 6.07) is 4.72. The van der Waals surface area contributed by atoms with E-state index in [1.165, 1.54) is 18.4 Å². The third-order valence-electron chi connectivity index (χ3n) is 3.42. The Balaban J connectivity index is 2.24. The average molecular weight is 219 g/mol. The van der Waals surface area contributed by atoms with Crippen molar-refractivity contribution in [2.75, 3.05) is 13.6 Å². The van der Waals surface area contributed by atoms with E-state index in [4.69, 9.17) is 5.73 Å². The van der Waals surface area contributed by atoms with Gasteiger partial charge < -0.3 is 5.73 Å². The Kier molecular flexibility index (Phi) is 3.56. The van der Waals surface area contributed by atoms with Gasteiger partial charge >= 0.3 is 0 Å². The van der Waals surface area contributed by atoms with Gasteiger partial charge in [-0.25, -0.2) is 0 Å². The van der Waals surface area contributed by atoms with Crippen LogP contribution in [0.4, 0.5) is 0 Å². The van der Waals surface area contributed by atoms with Crippen LogP contribution in [0, 0.1) is 6.92 Å². The molecule has 2 atom stereocenters. The van der Waals surface area contributed by atoms with Crippen LogP contribution in [0.25, 0.3) is 0 Å². The van der Waals surface area contributed by atoms with Crippen molar-refractivity contribution in [2.45, 2.75) is 38.3 Å². The molecule has 0 bridgehead atoms. The second-order valence-corrected chi connectivity index (χ2v) is 4.85. The van der Waals surface area contributed by atoms with E-state index in [0.717, 1.165) is 18.7 Å². The first-order chi connectivity index (χ1) is 7.68. The summed E-state index contributed by atoms with van der Waals surface area (Å²) in [7, 11) is 2.15. The summed E-state index contributed by atoms with van der Waals surface area (Å²) in [5.41, 5.74) is 8.57. The fraction of sp³-hybridized carbons (Fsp3) is 0.615. The maximum atomic E-state index is 6.26. The Morgan fingerprint density at radius 1 is 1.38 bits per heavy atom. The first kappa shape index (κ1) is 11.6. The molecule has 0 saturated carbocycles. The highest BCUT2D eigenvalue weighted by Gasteiger charge is 2.27. The van der Waals surface area contributed by atoms with Crippen LogP contribution in [0.15, 0.2) is 18.3 Å². The van der Waals surface area contributed by atoms with Crippen LogP contribution in [0.3, 0.4) is 0 Å². The standard InChI is InChI=1S/C13H21N3/c1-10-6-7-12(15-9-10)13-11(14)5-3-4-8-16(13)2/h6-7,9,11,13H,3-5,8,14H2,1-2H3. The molecule has 3 heteroatoms. The first-order valence-corrected chi connectivity index (χ1v) is 6.07. The summed E-state index contributed by atoms with van der Waals surface area (Å²) in [4.78, 5) is 6.87. The first-order valence-electron chi connectivity index (χ1n) is 6.07. The fourth-order valence-electron chi connectivity index (χ4n) is 2.46. The number of nitrogens with zero attached hydrogens (tertiary/aromatic N) is 2. The Morgan fingerprint density at radius 3 is 2.88 bits per heavy atom. The lowest BCUT2D eigenvalue weighted by molar-refractivity contribution is 0.225. The molecule has 0 aromatic carbocycles. The summed E-state index contributed by atoms with van der Waals surface area (Å²) in [6.07, 6.45) is 5.51. The van der Waals surface area contributed by atoms with E-state index in [9.17, 15) is 0 Å². The van der Waals surface area contributed by atoms with Gasteiger partial charge in [0, 0.05) is 12.2 Å². The van der Waals surface area contributed by atoms with Gasteiger partial charge in [0.2, 0.25) is 0 Å². The SMILES string of the molecule is Cc1ccc(C2C(N)CCCCN2C)nc1. The van der Waals surface area contributed by atoms with Crippen LogP contribution < -0.4 is 5.73 Å². The van der Waals surface area contributed by atoms with Crippen molar-refractivity contribution < 1.29 is 0 Å². The Morgan fingerprint density at radius 2 is 2.19 bits per heavy atom. The van der Waals surface area contributed by atoms with Crippen LogP contribution >= 0.6 is 0 Å². The van der Waals surface area contributed by atoms with E-state index in [-0.39, 0.29) is 12.1 Å². The number of pyridine rings is 1. The molecule has 3 nitrogen and oxygen atoms in total. The van der Waals surface area contributed by atoms with Crippen molar-refractivity contribution in [1.29, 1.82) is 0 Å². The monoisotopic (exact) mass is 219 g/mol. The number of likely N-dealkylation sites (tertiary alicyclic amines) is 1. The molecule has 88 valence electrons. The van der Waals surface area contributed by atoms with Gasteiger partial charge in [-0.3, -0.25) is 9.88 Å². The molecule has 1 aliphatic heterocycles. The van der Waals surface area contributed by atoms with Crippen LogP contribution in [-0.2, 0) is 0 Å². The molecule has 0 amide bonds. The normalized spacial score (nSPS) is 27.7. The average Bonchev–Trinajstić information content (AvgIpc) is 2.42. The molecular formula is C13H21N3. The van der Waals surface area contributed by atoms with Gasteiger partial charge in [0.1, 0.15) is 0 Å². The second-order valence-electron chi connectivity index (χ2n) is 4.85. The number of likely N-dealkylation sites (N-methyl/N-ethyl adjacent to an activating group) is 1. The Hall–Kier alpha value is -0.930. The molecule has 0 spiro atoms.